The molecule has 0 amide bonds. The standard InChI is InChI=1S/C28H30N2O4S/c31-21-8-7-18-13-23-28(32)10-9-22(33-15-19-3-1-2-4-20(19)29-16-35)26-27(28,24(18)25(21)34-26)11-12-30(23)14-17-5-6-17/h1-4,7-8,17,22-23,26,31-32H,5-6,9-15H2/t22-,23-,26+,27+,28-/m1/s1. The Morgan fingerprint density at radius 2 is 2.03 bits per heavy atom. The van der Waals surface area contributed by atoms with Crippen LogP contribution in [0.3, 0.4) is 0 Å². The highest BCUT2D eigenvalue weighted by Gasteiger charge is 2.73. The molecule has 35 heavy (non-hydrogen) atoms. The fourth-order valence-electron chi connectivity index (χ4n) is 7.59. The third-order valence-electron chi connectivity index (χ3n) is 9.32. The predicted octanol–water partition coefficient (Wildman–Crippen LogP) is 4.28. The van der Waals surface area contributed by atoms with E-state index in [9.17, 15) is 10.2 Å². The van der Waals surface area contributed by atoms with E-state index < -0.39 is 11.0 Å². The normalized spacial score (nSPS) is 34.6. The highest BCUT2D eigenvalue weighted by atomic mass is 32.1. The molecule has 2 N–H and O–H groups in total. The van der Waals surface area contributed by atoms with Crippen LogP contribution < -0.4 is 4.74 Å². The number of aromatic hydroxyl groups is 1. The van der Waals surface area contributed by atoms with Gasteiger partial charge in [-0.2, -0.15) is 4.99 Å². The summed E-state index contributed by atoms with van der Waals surface area (Å²) in [5, 5.41) is 25.8. The van der Waals surface area contributed by atoms with Crippen LogP contribution in [0.4, 0.5) is 5.69 Å². The number of isothiocyanates is 1. The number of likely N-dealkylation sites (tertiary alicyclic amines) is 1. The van der Waals surface area contributed by atoms with E-state index >= 15 is 0 Å². The molecule has 2 aromatic carbocycles. The van der Waals surface area contributed by atoms with Gasteiger partial charge in [0, 0.05) is 23.7 Å². The summed E-state index contributed by atoms with van der Waals surface area (Å²) in [5.41, 5.74) is 2.49. The Bertz CT molecular complexity index is 1240. The average Bonchev–Trinajstić information content (AvgIpc) is 3.60. The van der Waals surface area contributed by atoms with Crippen molar-refractivity contribution in [2.45, 2.75) is 74.4 Å². The second-order valence-corrected chi connectivity index (χ2v) is 11.2. The van der Waals surface area contributed by atoms with Crippen molar-refractivity contribution in [1.29, 1.82) is 0 Å². The van der Waals surface area contributed by atoms with E-state index in [0.717, 1.165) is 48.7 Å². The van der Waals surface area contributed by atoms with Gasteiger partial charge >= 0.3 is 0 Å². The number of aliphatic imine (C=N–C) groups is 1. The van der Waals surface area contributed by atoms with E-state index in [2.05, 4.69) is 15.1 Å². The lowest BCUT2D eigenvalue weighted by Crippen LogP contribution is -2.77. The summed E-state index contributed by atoms with van der Waals surface area (Å²) in [6.07, 6.45) is 5.06. The van der Waals surface area contributed by atoms with Gasteiger partial charge in [-0.1, -0.05) is 24.3 Å². The van der Waals surface area contributed by atoms with Gasteiger partial charge in [0.05, 0.1) is 34.6 Å². The molecule has 2 bridgehead atoms. The van der Waals surface area contributed by atoms with E-state index in [4.69, 9.17) is 21.7 Å². The number of phenolic OH excluding ortho intramolecular Hbond substituents is 1. The first kappa shape index (κ1) is 22.0. The zero-order chi connectivity index (χ0) is 23.8. The topological polar surface area (TPSA) is 74.5 Å². The molecule has 2 aromatic rings. The molecule has 5 aliphatic rings. The Hall–Kier alpha value is -2.28. The minimum Gasteiger partial charge on any atom is -0.504 e. The summed E-state index contributed by atoms with van der Waals surface area (Å²) in [4.78, 5) is 6.74. The predicted molar refractivity (Wildman–Crippen MR) is 134 cm³/mol. The fraction of sp³-hybridized carbons (Fsp3) is 0.536. The maximum absolute atomic E-state index is 12.5. The minimum absolute atomic E-state index is 0.0737. The van der Waals surface area contributed by atoms with Crippen molar-refractivity contribution in [1.82, 2.24) is 4.90 Å². The lowest BCUT2D eigenvalue weighted by atomic mass is 9.48. The monoisotopic (exact) mass is 490 g/mol. The van der Waals surface area contributed by atoms with Crippen LogP contribution in [0.5, 0.6) is 11.5 Å². The first-order chi connectivity index (χ1) is 17.0. The highest BCUT2D eigenvalue weighted by molar-refractivity contribution is 7.78. The van der Waals surface area contributed by atoms with Gasteiger partial charge in [0.2, 0.25) is 0 Å². The summed E-state index contributed by atoms with van der Waals surface area (Å²) < 4.78 is 13.1. The number of nitrogens with zero attached hydrogens (tertiary/aromatic N) is 2. The van der Waals surface area contributed by atoms with Crippen LogP contribution in [-0.4, -0.2) is 57.2 Å². The van der Waals surface area contributed by atoms with Gasteiger partial charge in [-0.05, 0) is 80.9 Å². The van der Waals surface area contributed by atoms with E-state index in [1.165, 1.54) is 18.4 Å². The summed E-state index contributed by atoms with van der Waals surface area (Å²) >= 11 is 4.81. The largest absolute Gasteiger partial charge is 0.504 e. The minimum atomic E-state index is -0.893. The summed E-state index contributed by atoms with van der Waals surface area (Å²) in [6, 6.07) is 11.7. The molecule has 7 rings (SSSR count). The lowest BCUT2D eigenvalue weighted by Gasteiger charge is -2.64. The molecule has 2 heterocycles. The number of hydrogen-bond donors (Lipinski definition) is 2. The van der Waals surface area contributed by atoms with Gasteiger partial charge in [0.1, 0.15) is 6.10 Å². The third kappa shape index (κ3) is 3.06. The molecule has 2 saturated carbocycles. The molecule has 6 nitrogen and oxygen atoms in total. The average molecular weight is 491 g/mol. The first-order valence-corrected chi connectivity index (χ1v) is 13.2. The van der Waals surface area contributed by atoms with Crippen molar-refractivity contribution in [2.75, 3.05) is 13.1 Å². The molecule has 1 saturated heterocycles. The molecule has 1 spiro atoms. The zero-order valence-corrected chi connectivity index (χ0v) is 20.5. The smallest absolute Gasteiger partial charge is 0.165 e. The number of ether oxygens (including phenoxy) is 2. The fourth-order valence-corrected chi connectivity index (χ4v) is 7.69. The molecule has 0 aromatic heterocycles. The van der Waals surface area contributed by atoms with Gasteiger partial charge in [0.25, 0.3) is 0 Å². The molecule has 0 radical (unpaired) electrons. The Morgan fingerprint density at radius 3 is 2.86 bits per heavy atom. The van der Waals surface area contributed by atoms with Crippen molar-refractivity contribution in [2.24, 2.45) is 10.9 Å². The second kappa shape index (κ2) is 7.86. The van der Waals surface area contributed by atoms with E-state index in [-0.39, 0.29) is 24.0 Å². The van der Waals surface area contributed by atoms with Crippen molar-refractivity contribution in [3.8, 4) is 11.5 Å². The van der Waals surface area contributed by atoms with Gasteiger partial charge in [-0.15, -0.1) is 0 Å². The van der Waals surface area contributed by atoms with E-state index in [0.29, 0.717) is 25.2 Å². The first-order valence-electron chi connectivity index (χ1n) is 12.8. The molecular weight excluding hydrogens is 460 g/mol. The van der Waals surface area contributed by atoms with Crippen molar-refractivity contribution >= 4 is 23.1 Å². The number of phenols is 1. The number of thiocarbonyl (C=S) groups is 1. The number of aliphatic hydroxyl groups is 1. The van der Waals surface area contributed by atoms with Crippen LogP contribution in [0.25, 0.3) is 0 Å². The van der Waals surface area contributed by atoms with E-state index in [1.54, 1.807) is 6.07 Å². The van der Waals surface area contributed by atoms with Gasteiger partial charge in [0.15, 0.2) is 11.5 Å². The van der Waals surface area contributed by atoms with Crippen molar-refractivity contribution in [3.05, 3.63) is 53.1 Å². The number of benzene rings is 2. The third-order valence-corrected chi connectivity index (χ3v) is 9.41. The van der Waals surface area contributed by atoms with Gasteiger partial charge in [-0.3, -0.25) is 4.90 Å². The molecule has 182 valence electrons. The van der Waals surface area contributed by atoms with Crippen LogP contribution >= 0.6 is 12.2 Å². The van der Waals surface area contributed by atoms with Gasteiger partial charge < -0.3 is 19.7 Å². The number of rotatable bonds is 6. The zero-order valence-electron chi connectivity index (χ0n) is 19.7. The van der Waals surface area contributed by atoms with Gasteiger partial charge in [-0.25, -0.2) is 0 Å². The molecule has 0 unspecified atom stereocenters. The van der Waals surface area contributed by atoms with Crippen LogP contribution in [-0.2, 0) is 23.2 Å². The maximum atomic E-state index is 12.5. The Labute approximate surface area is 210 Å². The summed E-state index contributed by atoms with van der Waals surface area (Å²) in [7, 11) is 0. The molecule has 3 fully saturated rings. The SMILES string of the molecule is Oc1ccc2c3c1O[C@H]1[C@H](OCc4ccccc4N=C=S)CC[C@@]4(O)[C@@H](C2)N(CC2CC2)CC[C@]314. The number of piperidine rings is 1. The van der Waals surface area contributed by atoms with Crippen molar-refractivity contribution in [3.63, 3.8) is 0 Å². The molecule has 5 atom stereocenters. The molecule has 7 heteroatoms. The second-order valence-electron chi connectivity index (χ2n) is 11.0. The Balaban J connectivity index is 1.26. The van der Waals surface area contributed by atoms with Crippen molar-refractivity contribution < 1.29 is 19.7 Å². The number of hydrogen-bond acceptors (Lipinski definition) is 7. The quantitative estimate of drug-likeness (QED) is 0.465. The van der Waals surface area contributed by atoms with E-state index in [1.807, 2.05) is 30.3 Å². The van der Waals surface area contributed by atoms with Crippen LogP contribution in [0.15, 0.2) is 41.4 Å². The molecule has 3 aliphatic carbocycles. The maximum Gasteiger partial charge on any atom is 0.165 e. The Kier molecular flexibility index (Phi) is 4.93. The lowest BCUT2D eigenvalue weighted by molar-refractivity contribution is -0.217. The van der Waals surface area contributed by atoms with Crippen LogP contribution in [0.2, 0.25) is 0 Å². The van der Waals surface area contributed by atoms with Crippen LogP contribution in [0, 0.1) is 5.92 Å². The highest BCUT2D eigenvalue weighted by Crippen LogP contribution is 2.65. The Morgan fingerprint density at radius 1 is 1.17 bits per heavy atom. The summed E-state index contributed by atoms with van der Waals surface area (Å²) in [6.45, 7) is 2.39. The summed E-state index contributed by atoms with van der Waals surface area (Å²) in [5.74, 6) is 1.49. The van der Waals surface area contributed by atoms with Crippen LogP contribution in [0.1, 0.15) is 48.8 Å². The molecule has 2 aliphatic heterocycles. The molecular formula is C28H30N2O4S. The number of para-hydroxylation sites is 1.